The second-order valence-corrected chi connectivity index (χ2v) is 5.60. The SMILES string of the molecule is NC1(C(=O)Nc2nc(-c3ccco3)cs2)CCOCC1. The molecule has 0 aromatic carbocycles. The molecule has 1 aliphatic heterocycles. The van der Waals surface area contributed by atoms with Gasteiger partial charge in [-0.1, -0.05) is 0 Å². The smallest absolute Gasteiger partial charge is 0.246 e. The van der Waals surface area contributed by atoms with Gasteiger partial charge in [-0.15, -0.1) is 11.3 Å². The summed E-state index contributed by atoms with van der Waals surface area (Å²) in [6.45, 7) is 1.03. The zero-order valence-electron chi connectivity index (χ0n) is 10.8. The maximum atomic E-state index is 12.2. The van der Waals surface area contributed by atoms with Crippen LogP contribution in [0, 0.1) is 0 Å². The molecular weight excluding hydrogens is 278 g/mol. The number of anilines is 1. The first kappa shape index (κ1) is 13.3. The minimum Gasteiger partial charge on any atom is -0.463 e. The second-order valence-electron chi connectivity index (χ2n) is 4.74. The molecule has 20 heavy (non-hydrogen) atoms. The van der Waals surface area contributed by atoms with Gasteiger partial charge in [0.05, 0.1) is 6.26 Å². The van der Waals surface area contributed by atoms with Crippen molar-refractivity contribution in [2.45, 2.75) is 18.4 Å². The van der Waals surface area contributed by atoms with E-state index in [0.717, 1.165) is 0 Å². The molecule has 3 rings (SSSR count). The molecule has 3 heterocycles. The fourth-order valence-electron chi connectivity index (χ4n) is 2.05. The minimum atomic E-state index is -0.866. The Labute approximate surface area is 119 Å². The van der Waals surface area contributed by atoms with Crippen LogP contribution in [0.4, 0.5) is 5.13 Å². The number of nitrogens with one attached hydrogen (secondary N) is 1. The molecule has 0 spiro atoms. The zero-order chi connectivity index (χ0) is 14.0. The van der Waals surface area contributed by atoms with Crippen molar-refractivity contribution in [2.75, 3.05) is 18.5 Å². The first-order chi connectivity index (χ1) is 9.67. The number of amides is 1. The maximum Gasteiger partial charge on any atom is 0.246 e. The lowest BCUT2D eigenvalue weighted by molar-refractivity contribution is -0.124. The predicted octanol–water partition coefficient (Wildman–Crippen LogP) is 1.85. The van der Waals surface area contributed by atoms with Crippen LogP contribution in [-0.4, -0.2) is 29.6 Å². The average Bonchev–Trinajstić information content (AvgIpc) is 3.09. The van der Waals surface area contributed by atoms with Crippen LogP contribution in [0.3, 0.4) is 0 Å². The Kier molecular flexibility index (Phi) is 3.56. The highest BCUT2D eigenvalue weighted by molar-refractivity contribution is 7.14. The number of hydrogen-bond acceptors (Lipinski definition) is 6. The van der Waals surface area contributed by atoms with E-state index in [1.807, 2.05) is 11.4 Å². The summed E-state index contributed by atoms with van der Waals surface area (Å²) < 4.78 is 10.5. The highest BCUT2D eigenvalue weighted by atomic mass is 32.1. The van der Waals surface area contributed by atoms with Gasteiger partial charge in [0.2, 0.25) is 5.91 Å². The quantitative estimate of drug-likeness (QED) is 0.901. The predicted molar refractivity (Wildman–Crippen MR) is 75.4 cm³/mol. The Bertz CT molecular complexity index is 588. The van der Waals surface area contributed by atoms with Gasteiger partial charge in [-0.05, 0) is 25.0 Å². The number of nitrogens with zero attached hydrogens (tertiary/aromatic N) is 1. The van der Waals surface area contributed by atoms with Crippen LogP contribution in [0.5, 0.6) is 0 Å². The van der Waals surface area contributed by atoms with Gasteiger partial charge in [0.25, 0.3) is 0 Å². The van der Waals surface area contributed by atoms with E-state index in [9.17, 15) is 4.79 Å². The van der Waals surface area contributed by atoms with E-state index in [2.05, 4.69) is 10.3 Å². The number of ether oxygens (including phenoxy) is 1. The number of rotatable bonds is 3. The van der Waals surface area contributed by atoms with Gasteiger partial charge in [0.15, 0.2) is 10.9 Å². The van der Waals surface area contributed by atoms with E-state index in [0.29, 0.717) is 42.6 Å². The Morgan fingerprint density at radius 2 is 2.25 bits per heavy atom. The second kappa shape index (κ2) is 5.35. The van der Waals surface area contributed by atoms with Crippen LogP contribution in [0.2, 0.25) is 0 Å². The summed E-state index contributed by atoms with van der Waals surface area (Å²) in [4.78, 5) is 16.6. The molecule has 0 atom stereocenters. The first-order valence-corrected chi connectivity index (χ1v) is 7.23. The lowest BCUT2D eigenvalue weighted by atomic mass is 9.90. The van der Waals surface area contributed by atoms with Gasteiger partial charge in [0, 0.05) is 18.6 Å². The number of carbonyl (C=O) groups excluding carboxylic acids is 1. The van der Waals surface area contributed by atoms with Crippen LogP contribution in [0.25, 0.3) is 11.5 Å². The van der Waals surface area contributed by atoms with Crippen molar-refractivity contribution < 1.29 is 13.9 Å². The van der Waals surface area contributed by atoms with Gasteiger partial charge in [-0.3, -0.25) is 4.79 Å². The molecule has 1 saturated heterocycles. The van der Waals surface area contributed by atoms with Crippen LogP contribution in [0.15, 0.2) is 28.2 Å². The Balaban J connectivity index is 1.70. The summed E-state index contributed by atoms with van der Waals surface area (Å²) in [5.74, 6) is 0.469. The van der Waals surface area contributed by atoms with Crippen LogP contribution < -0.4 is 11.1 Å². The van der Waals surface area contributed by atoms with Gasteiger partial charge < -0.3 is 20.2 Å². The maximum absolute atomic E-state index is 12.2. The monoisotopic (exact) mass is 293 g/mol. The number of carbonyl (C=O) groups is 1. The van der Waals surface area contributed by atoms with Gasteiger partial charge in [0.1, 0.15) is 11.2 Å². The molecule has 106 valence electrons. The van der Waals surface area contributed by atoms with E-state index in [1.165, 1.54) is 11.3 Å². The third-order valence-electron chi connectivity index (χ3n) is 3.34. The minimum absolute atomic E-state index is 0.207. The number of nitrogens with two attached hydrogens (primary N) is 1. The van der Waals surface area contributed by atoms with Crippen molar-refractivity contribution in [3.63, 3.8) is 0 Å². The van der Waals surface area contributed by atoms with E-state index in [4.69, 9.17) is 14.9 Å². The topological polar surface area (TPSA) is 90.4 Å². The zero-order valence-corrected chi connectivity index (χ0v) is 11.6. The molecule has 6 nitrogen and oxygen atoms in total. The molecule has 1 amide bonds. The van der Waals surface area contributed by atoms with Crippen molar-refractivity contribution in [2.24, 2.45) is 5.73 Å². The van der Waals surface area contributed by atoms with Crippen LogP contribution in [0.1, 0.15) is 12.8 Å². The summed E-state index contributed by atoms with van der Waals surface area (Å²) in [6.07, 6.45) is 2.63. The summed E-state index contributed by atoms with van der Waals surface area (Å²) in [5.41, 5.74) is 5.95. The van der Waals surface area contributed by atoms with Crippen molar-refractivity contribution in [1.82, 2.24) is 4.98 Å². The molecule has 0 saturated carbocycles. The Hall–Kier alpha value is -1.70. The molecule has 7 heteroatoms. The fourth-order valence-corrected chi connectivity index (χ4v) is 2.75. The lowest BCUT2D eigenvalue weighted by Gasteiger charge is -2.31. The molecular formula is C13H15N3O3S. The highest BCUT2D eigenvalue weighted by Crippen LogP contribution is 2.26. The van der Waals surface area contributed by atoms with Crippen LogP contribution in [-0.2, 0) is 9.53 Å². The molecule has 0 radical (unpaired) electrons. The molecule has 2 aromatic rings. The van der Waals surface area contributed by atoms with Crippen LogP contribution >= 0.6 is 11.3 Å². The Morgan fingerprint density at radius 1 is 1.45 bits per heavy atom. The van der Waals surface area contributed by atoms with Gasteiger partial charge >= 0.3 is 0 Å². The van der Waals surface area contributed by atoms with E-state index < -0.39 is 5.54 Å². The molecule has 2 aromatic heterocycles. The molecule has 1 aliphatic rings. The van der Waals surface area contributed by atoms with Gasteiger partial charge in [-0.25, -0.2) is 4.98 Å². The third-order valence-corrected chi connectivity index (χ3v) is 4.09. The highest BCUT2D eigenvalue weighted by Gasteiger charge is 2.36. The summed E-state index contributed by atoms with van der Waals surface area (Å²) in [7, 11) is 0. The number of aromatic nitrogens is 1. The molecule has 0 unspecified atom stereocenters. The van der Waals surface area contributed by atoms with E-state index in [1.54, 1.807) is 12.3 Å². The normalized spacial score (nSPS) is 17.9. The Morgan fingerprint density at radius 3 is 2.95 bits per heavy atom. The summed E-state index contributed by atoms with van der Waals surface area (Å²) >= 11 is 1.35. The number of hydrogen-bond donors (Lipinski definition) is 2. The number of thiazole rings is 1. The van der Waals surface area contributed by atoms with E-state index in [-0.39, 0.29) is 5.91 Å². The molecule has 3 N–H and O–H groups in total. The van der Waals surface area contributed by atoms with Gasteiger partial charge in [-0.2, -0.15) is 0 Å². The van der Waals surface area contributed by atoms with E-state index >= 15 is 0 Å². The first-order valence-electron chi connectivity index (χ1n) is 6.35. The summed E-state index contributed by atoms with van der Waals surface area (Å²) in [6, 6.07) is 3.62. The fraction of sp³-hybridized carbons (Fsp3) is 0.385. The third kappa shape index (κ3) is 2.60. The standard InChI is InChI=1S/C13H15N3O3S/c14-13(3-6-18-7-4-13)11(17)16-12-15-9(8-20-12)10-2-1-5-19-10/h1-2,5,8H,3-4,6-7,14H2,(H,15,16,17). The van der Waals surface area contributed by atoms with Crippen molar-refractivity contribution in [3.8, 4) is 11.5 Å². The summed E-state index contributed by atoms with van der Waals surface area (Å²) in [5, 5.41) is 5.14. The van der Waals surface area contributed by atoms with Crippen molar-refractivity contribution in [1.29, 1.82) is 0 Å². The van der Waals surface area contributed by atoms with Crippen molar-refractivity contribution >= 4 is 22.4 Å². The molecule has 0 bridgehead atoms. The average molecular weight is 293 g/mol. The lowest BCUT2D eigenvalue weighted by Crippen LogP contribution is -2.54. The largest absolute Gasteiger partial charge is 0.463 e. The number of furan rings is 1. The molecule has 1 fully saturated rings. The molecule has 0 aliphatic carbocycles. The van der Waals surface area contributed by atoms with Crippen molar-refractivity contribution in [3.05, 3.63) is 23.8 Å².